The molecule has 0 saturated heterocycles. The summed E-state index contributed by atoms with van der Waals surface area (Å²) >= 11 is 0. The van der Waals surface area contributed by atoms with Crippen LogP contribution in [0.4, 0.5) is 4.39 Å². The monoisotopic (exact) mass is 171 g/mol. The normalized spacial score (nSPS) is 9.92. The van der Waals surface area contributed by atoms with Crippen molar-refractivity contribution in [3.8, 4) is 5.88 Å². The van der Waals surface area contributed by atoms with E-state index >= 15 is 0 Å². The molecule has 0 saturated carbocycles. The van der Waals surface area contributed by atoms with Crippen LogP contribution < -0.4 is 4.74 Å². The molecule has 66 valence electrons. The second-order valence-corrected chi connectivity index (χ2v) is 2.21. The van der Waals surface area contributed by atoms with Crippen molar-refractivity contribution >= 4 is 0 Å². The van der Waals surface area contributed by atoms with Gasteiger partial charge >= 0.3 is 0 Å². The van der Waals surface area contributed by atoms with Crippen LogP contribution in [0.25, 0.3) is 0 Å². The quantitative estimate of drug-likeness (QED) is 0.740. The molecule has 1 heterocycles. The molecule has 0 aliphatic rings. The second kappa shape index (κ2) is 4.01. The molecule has 3 nitrogen and oxygen atoms in total. The summed E-state index contributed by atoms with van der Waals surface area (Å²) in [5, 5.41) is 8.69. The summed E-state index contributed by atoms with van der Waals surface area (Å²) in [6.45, 7) is 1.95. The van der Waals surface area contributed by atoms with Gasteiger partial charge in [0.25, 0.3) is 0 Å². The maximum absolute atomic E-state index is 12.7. The number of ether oxygens (including phenoxy) is 1. The van der Waals surface area contributed by atoms with Crippen LogP contribution >= 0.6 is 0 Å². The summed E-state index contributed by atoms with van der Waals surface area (Å²) in [5.41, 5.74) is 0.202. The molecule has 0 aliphatic carbocycles. The van der Waals surface area contributed by atoms with Gasteiger partial charge in [0.15, 0.2) is 0 Å². The zero-order chi connectivity index (χ0) is 8.97. The molecule has 1 aromatic heterocycles. The molecule has 1 N–H and O–H groups in total. The number of aliphatic hydroxyl groups is 1. The predicted molar refractivity (Wildman–Crippen MR) is 41.3 cm³/mol. The third-order valence-corrected chi connectivity index (χ3v) is 1.37. The minimum atomic E-state index is -0.513. The van der Waals surface area contributed by atoms with Crippen LogP contribution in [0.5, 0.6) is 5.88 Å². The number of hydrogen-bond donors (Lipinski definition) is 1. The van der Waals surface area contributed by atoms with Crippen molar-refractivity contribution in [2.75, 3.05) is 6.61 Å². The third kappa shape index (κ3) is 1.92. The van der Waals surface area contributed by atoms with Gasteiger partial charge in [0, 0.05) is 11.6 Å². The zero-order valence-corrected chi connectivity index (χ0v) is 6.75. The molecule has 4 heteroatoms. The molecule has 0 amide bonds. The molecule has 0 unspecified atom stereocenters. The minimum absolute atomic E-state index is 0.202. The van der Waals surface area contributed by atoms with Crippen LogP contribution in [-0.4, -0.2) is 16.7 Å². The first kappa shape index (κ1) is 8.93. The summed E-state index contributed by atoms with van der Waals surface area (Å²) in [6, 6.07) is 1.39. The van der Waals surface area contributed by atoms with E-state index in [4.69, 9.17) is 9.84 Å². The minimum Gasteiger partial charge on any atom is -0.478 e. The van der Waals surface area contributed by atoms with E-state index in [2.05, 4.69) is 4.98 Å². The van der Waals surface area contributed by atoms with E-state index < -0.39 is 5.82 Å². The average molecular weight is 171 g/mol. The Labute approximate surface area is 69.8 Å². The van der Waals surface area contributed by atoms with E-state index in [-0.39, 0.29) is 12.2 Å². The molecular weight excluding hydrogens is 161 g/mol. The Morgan fingerprint density at radius 2 is 2.42 bits per heavy atom. The Morgan fingerprint density at radius 1 is 1.67 bits per heavy atom. The van der Waals surface area contributed by atoms with Crippen LogP contribution in [0.15, 0.2) is 12.3 Å². The van der Waals surface area contributed by atoms with Gasteiger partial charge in [0.05, 0.1) is 19.4 Å². The van der Waals surface area contributed by atoms with Crippen molar-refractivity contribution in [2.45, 2.75) is 13.5 Å². The van der Waals surface area contributed by atoms with Crippen molar-refractivity contribution < 1.29 is 14.2 Å². The van der Waals surface area contributed by atoms with E-state index in [1.807, 2.05) is 6.92 Å². The Balaban J connectivity index is 2.89. The van der Waals surface area contributed by atoms with Crippen LogP contribution in [0.1, 0.15) is 12.5 Å². The van der Waals surface area contributed by atoms with Crippen molar-refractivity contribution in [1.29, 1.82) is 0 Å². The maximum Gasteiger partial charge on any atom is 0.213 e. The molecule has 0 bridgehead atoms. The fourth-order valence-electron chi connectivity index (χ4n) is 0.806. The molecule has 0 aliphatic heterocycles. The van der Waals surface area contributed by atoms with Gasteiger partial charge in [0.2, 0.25) is 5.88 Å². The van der Waals surface area contributed by atoms with Gasteiger partial charge < -0.3 is 9.84 Å². The number of halogens is 1. The van der Waals surface area contributed by atoms with Crippen molar-refractivity contribution in [1.82, 2.24) is 4.98 Å². The van der Waals surface area contributed by atoms with Crippen LogP contribution in [0.2, 0.25) is 0 Å². The number of aromatic nitrogens is 1. The summed E-state index contributed by atoms with van der Waals surface area (Å²) in [4.78, 5) is 3.67. The smallest absolute Gasteiger partial charge is 0.213 e. The SMILES string of the molecule is CCOc1cc(CO)c(F)cn1. The predicted octanol–water partition coefficient (Wildman–Crippen LogP) is 1.11. The zero-order valence-electron chi connectivity index (χ0n) is 6.75. The number of pyridine rings is 1. The molecule has 0 aromatic carbocycles. The lowest BCUT2D eigenvalue weighted by Crippen LogP contribution is -1.98. The Kier molecular flexibility index (Phi) is 2.99. The lowest BCUT2D eigenvalue weighted by atomic mass is 10.3. The topological polar surface area (TPSA) is 42.4 Å². The summed E-state index contributed by atoms with van der Waals surface area (Å²) in [7, 11) is 0. The highest BCUT2D eigenvalue weighted by atomic mass is 19.1. The van der Waals surface area contributed by atoms with Crippen molar-refractivity contribution in [3.05, 3.63) is 23.6 Å². The molecule has 0 fully saturated rings. The number of hydrogen-bond acceptors (Lipinski definition) is 3. The van der Waals surface area contributed by atoms with Crippen molar-refractivity contribution in [3.63, 3.8) is 0 Å². The average Bonchev–Trinajstić information content (AvgIpc) is 2.09. The Hall–Kier alpha value is -1.16. The van der Waals surface area contributed by atoms with Gasteiger partial charge in [-0.25, -0.2) is 9.37 Å². The van der Waals surface area contributed by atoms with Gasteiger partial charge in [-0.1, -0.05) is 0 Å². The molecule has 1 aromatic rings. The van der Waals surface area contributed by atoms with E-state index in [1.54, 1.807) is 0 Å². The van der Waals surface area contributed by atoms with Crippen molar-refractivity contribution in [2.24, 2.45) is 0 Å². The molecule has 1 rings (SSSR count). The fourth-order valence-corrected chi connectivity index (χ4v) is 0.806. The van der Waals surface area contributed by atoms with Gasteiger partial charge in [-0.05, 0) is 6.92 Å². The van der Waals surface area contributed by atoms with E-state index in [0.717, 1.165) is 6.20 Å². The maximum atomic E-state index is 12.7. The summed E-state index contributed by atoms with van der Waals surface area (Å²) < 4.78 is 17.7. The van der Waals surface area contributed by atoms with E-state index in [9.17, 15) is 4.39 Å². The lowest BCUT2D eigenvalue weighted by molar-refractivity contribution is 0.272. The number of aliphatic hydroxyl groups excluding tert-OH is 1. The molecule has 0 radical (unpaired) electrons. The molecule has 0 atom stereocenters. The van der Waals surface area contributed by atoms with Crippen LogP contribution in [0.3, 0.4) is 0 Å². The number of nitrogens with zero attached hydrogens (tertiary/aromatic N) is 1. The van der Waals surface area contributed by atoms with E-state index in [1.165, 1.54) is 6.07 Å². The number of rotatable bonds is 3. The Bertz CT molecular complexity index is 265. The van der Waals surface area contributed by atoms with Crippen LogP contribution in [-0.2, 0) is 6.61 Å². The first-order chi connectivity index (χ1) is 5.77. The Morgan fingerprint density at radius 3 is 3.00 bits per heavy atom. The fraction of sp³-hybridized carbons (Fsp3) is 0.375. The summed E-state index contributed by atoms with van der Waals surface area (Å²) in [6.07, 6.45) is 1.04. The van der Waals surface area contributed by atoms with Gasteiger partial charge in [0.1, 0.15) is 5.82 Å². The third-order valence-electron chi connectivity index (χ3n) is 1.37. The molecule has 12 heavy (non-hydrogen) atoms. The van der Waals surface area contributed by atoms with Gasteiger partial charge in [-0.15, -0.1) is 0 Å². The highest BCUT2D eigenvalue weighted by Gasteiger charge is 2.03. The second-order valence-electron chi connectivity index (χ2n) is 2.21. The van der Waals surface area contributed by atoms with Gasteiger partial charge in [-0.3, -0.25) is 0 Å². The lowest BCUT2D eigenvalue weighted by Gasteiger charge is -2.03. The first-order valence-electron chi connectivity index (χ1n) is 3.66. The standard InChI is InChI=1S/C8H10FNO2/c1-2-12-8-3-6(5-11)7(9)4-10-8/h3-4,11H,2,5H2,1H3. The first-order valence-corrected chi connectivity index (χ1v) is 3.66. The highest BCUT2D eigenvalue weighted by molar-refractivity contribution is 5.21. The van der Waals surface area contributed by atoms with Gasteiger partial charge in [-0.2, -0.15) is 0 Å². The van der Waals surface area contributed by atoms with E-state index in [0.29, 0.717) is 12.5 Å². The highest BCUT2D eigenvalue weighted by Crippen LogP contribution is 2.12. The summed E-state index contributed by atoms with van der Waals surface area (Å²) in [5.74, 6) is -0.177. The largest absolute Gasteiger partial charge is 0.478 e. The van der Waals surface area contributed by atoms with Crippen LogP contribution in [0, 0.1) is 5.82 Å². The molecular formula is C8H10FNO2. The molecule has 0 spiro atoms.